The third-order valence-electron chi connectivity index (χ3n) is 4.00. The quantitative estimate of drug-likeness (QED) is 0.947. The highest BCUT2D eigenvalue weighted by molar-refractivity contribution is 5.19. The van der Waals surface area contributed by atoms with Crippen LogP contribution in [-0.4, -0.2) is 28.0 Å². The zero-order valence-corrected chi connectivity index (χ0v) is 12.3. The van der Waals surface area contributed by atoms with Crippen molar-refractivity contribution in [3.63, 3.8) is 0 Å². The van der Waals surface area contributed by atoms with E-state index in [0.717, 1.165) is 24.7 Å². The van der Waals surface area contributed by atoms with E-state index in [-0.39, 0.29) is 11.5 Å². The summed E-state index contributed by atoms with van der Waals surface area (Å²) in [5, 5.41) is 0. The lowest BCUT2D eigenvalue weighted by Crippen LogP contribution is -2.21. The van der Waals surface area contributed by atoms with Gasteiger partial charge >= 0.3 is 0 Å². The molecule has 0 aliphatic carbocycles. The van der Waals surface area contributed by atoms with E-state index < -0.39 is 11.6 Å². The Balaban J connectivity index is 1.72. The van der Waals surface area contributed by atoms with Gasteiger partial charge in [-0.2, -0.15) is 0 Å². The molecule has 1 N–H and O–H groups in total. The summed E-state index contributed by atoms with van der Waals surface area (Å²) in [5.74, 6) is -0.856. The highest BCUT2D eigenvalue weighted by Gasteiger charge is 2.26. The Bertz CT molecular complexity index is 744. The summed E-state index contributed by atoms with van der Waals surface area (Å²) in [4.78, 5) is 20.6. The molecule has 4 nitrogen and oxygen atoms in total. The van der Waals surface area contributed by atoms with Gasteiger partial charge in [-0.3, -0.25) is 9.69 Å². The minimum Gasteiger partial charge on any atom is -0.311 e. The highest BCUT2D eigenvalue weighted by atomic mass is 19.2. The topological polar surface area (TPSA) is 49.0 Å². The molecule has 22 heavy (non-hydrogen) atoms. The van der Waals surface area contributed by atoms with Crippen LogP contribution >= 0.6 is 0 Å². The van der Waals surface area contributed by atoms with Gasteiger partial charge in [0.25, 0.3) is 5.56 Å². The lowest BCUT2D eigenvalue weighted by atomic mass is 10.0. The second kappa shape index (κ2) is 5.96. The van der Waals surface area contributed by atoms with Crippen LogP contribution in [0.4, 0.5) is 8.78 Å². The largest absolute Gasteiger partial charge is 0.311 e. The third kappa shape index (κ3) is 3.06. The van der Waals surface area contributed by atoms with Crippen LogP contribution in [-0.2, 0) is 6.54 Å². The van der Waals surface area contributed by atoms with Gasteiger partial charge < -0.3 is 4.98 Å². The van der Waals surface area contributed by atoms with Gasteiger partial charge in [0.1, 0.15) is 5.82 Å². The molecule has 1 atom stereocenters. The normalized spacial score (nSPS) is 18.8. The summed E-state index contributed by atoms with van der Waals surface area (Å²) >= 11 is 0. The number of nitrogens with zero attached hydrogens (tertiary/aromatic N) is 2. The molecule has 3 rings (SSSR count). The monoisotopic (exact) mass is 305 g/mol. The van der Waals surface area contributed by atoms with Gasteiger partial charge in [-0.25, -0.2) is 13.8 Å². The van der Waals surface area contributed by atoms with Crippen molar-refractivity contribution in [3.05, 3.63) is 63.3 Å². The predicted octanol–water partition coefficient (Wildman–Crippen LogP) is 2.35. The Morgan fingerprint density at radius 2 is 2.23 bits per heavy atom. The Hall–Kier alpha value is -2.08. The standard InChI is InChI=1S/C16H17F2N3O/c1-10-19-14(7-15(22)20-10)11-5-6-21(8-11)9-12-3-2-4-13(17)16(12)18/h2-4,7,11H,5-6,8-9H2,1H3,(H,19,20,22)/t11-/m1/s1. The Kier molecular flexibility index (Phi) is 4.02. The summed E-state index contributed by atoms with van der Waals surface area (Å²) in [7, 11) is 0. The first kappa shape index (κ1) is 14.8. The molecule has 1 saturated heterocycles. The van der Waals surface area contributed by atoms with Gasteiger partial charge in [0.2, 0.25) is 0 Å². The number of hydrogen-bond donors (Lipinski definition) is 1. The minimum atomic E-state index is -0.819. The second-order valence-corrected chi connectivity index (χ2v) is 5.69. The van der Waals surface area contributed by atoms with E-state index in [4.69, 9.17) is 0 Å². The van der Waals surface area contributed by atoms with Gasteiger partial charge in [-0.05, 0) is 26.0 Å². The molecule has 0 spiro atoms. The fourth-order valence-electron chi connectivity index (χ4n) is 2.94. The summed E-state index contributed by atoms with van der Waals surface area (Å²) in [6, 6.07) is 5.75. The van der Waals surface area contributed by atoms with Gasteiger partial charge in [-0.15, -0.1) is 0 Å². The van der Waals surface area contributed by atoms with Crippen molar-refractivity contribution >= 4 is 0 Å². The van der Waals surface area contributed by atoms with Crippen molar-refractivity contribution in [2.45, 2.75) is 25.8 Å². The van der Waals surface area contributed by atoms with Gasteiger partial charge in [0, 0.05) is 30.6 Å². The number of rotatable bonds is 3. The first-order valence-electron chi connectivity index (χ1n) is 7.26. The average Bonchev–Trinajstić information content (AvgIpc) is 2.91. The molecule has 1 aromatic carbocycles. The second-order valence-electron chi connectivity index (χ2n) is 5.69. The zero-order chi connectivity index (χ0) is 15.7. The summed E-state index contributed by atoms with van der Waals surface area (Å²) in [6.45, 7) is 3.57. The van der Waals surface area contributed by atoms with Gasteiger partial charge in [0.15, 0.2) is 11.6 Å². The van der Waals surface area contributed by atoms with Crippen molar-refractivity contribution in [3.8, 4) is 0 Å². The van der Waals surface area contributed by atoms with Crippen LogP contribution in [0.5, 0.6) is 0 Å². The molecule has 1 fully saturated rings. The SMILES string of the molecule is Cc1nc([C@@H]2CCN(Cc3cccc(F)c3F)C2)cc(=O)[nH]1. The molecule has 1 aromatic heterocycles. The Morgan fingerprint density at radius 3 is 3.00 bits per heavy atom. The number of aromatic amines is 1. The molecule has 116 valence electrons. The van der Waals surface area contributed by atoms with Crippen LogP contribution < -0.4 is 5.56 Å². The zero-order valence-electron chi connectivity index (χ0n) is 12.3. The molecule has 2 aromatic rings. The number of hydrogen-bond acceptors (Lipinski definition) is 3. The number of benzene rings is 1. The van der Waals surface area contributed by atoms with Crippen molar-refractivity contribution in [2.75, 3.05) is 13.1 Å². The smallest absolute Gasteiger partial charge is 0.251 e. The van der Waals surface area contributed by atoms with E-state index in [9.17, 15) is 13.6 Å². The molecular weight excluding hydrogens is 288 g/mol. The molecule has 2 heterocycles. The van der Waals surface area contributed by atoms with E-state index in [1.54, 1.807) is 13.0 Å². The molecular formula is C16H17F2N3O. The number of aryl methyl sites for hydroxylation is 1. The van der Waals surface area contributed by atoms with Crippen molar-refractivity contribution in [1.29, 1.82) is 0 Å². The van der Waals surface area contributed by atoms with Gasteiger partial charge in [0.05, 0.1) is 5.69 Å². The Morgan fingerprint density at radius 1 is 1.41 bits per heavy atom. The lowest BCUT2D eigenvalue weighted by molar-refractivity contribution is 0.318. The number of H-pyrrole nitrogens is 1. The van der Waals surface area contributed by atoms with Crippen LogP contribution in [0, 0.1) is 18.6 Å². The minimum absolute atomic E-state index is 0.151. The van der Waals surface area contributed by atoms with E-state index in [0.29, 0.717) is 24.5 Å². The van der Waals surface area contributed by atoms with E-state index in [2.05, 4.69) is 14.9 Å². The van der Waals surface area contributed by atoms with Crippen molar-refractivity contribution < 1.29 is 8.78 Å². The van der Waals surface area contributed by atoms with Crippen molar-refractivity contribution in [1.82, 2.24) is 14.9 Å². The van der Waals surface area contributed by atoms with Crippen molar-refractivity contribution in [2.24, 2.45) is 0 Å². The maximum Gasteiger partial charge on any atom is 0.251 e. The predicted molar refractivity (Wildman–Crippen MR) is 78.6 cm³/mol. The Labute approximate surface area is 126 Å². The molecule has 0 saturated carbocycles. The maximum absolute atomic E-state index is 13.7. The molecule has 0 amide bonds. The van der Waals surface area contributed by atoms with E-state index in [1.807, 2.05) is 0 Å². The van der Waals surface area contributed by atoms with E-state index >= 15 is 0 Å². The van der Waals surface area contributed by atoms with Crippen LogP contribution in [0.15, 0.2) is 29.1 Å². The fraction of sp³-hybridized carbons (Fsp3) is 0.375. The maximum atomic E-state index is 13.7. The molecule has 6 heteroatoms. The third-order valence-corrected chi connectivity index (χ3v) is 4.00. The van der Waals surface area contributed by atoms with Crippen LogP contribution in [0.3, 0.4) is 0 Å². The van der Waals surface area contributed by atoms with Gasteiger partial charge in [-0.1, -0.05) is 12.1 Å². The number of likely N-dealkylation sites (tertiary alicyclic amines) is 1. The molecule has 0 unspecified atom stereocenters. The van der Waals surface area contributed by atoms with Crippen LogP contribution in [0.2, 0.25) is 0 Å². The molecule has 1 aliphatic heterocycles. The average molecular weight is 305 g/mol. The van der Waals surface area contributed by atoms with Crippen LogP contribution in [0.1, 0.15) is 29.4 Å². The van der Waals surface area contributed by atoms with E-state index in [1.165, 1.54) is 12.1 Å². The molecule has 0 bridgehead atoms. The number of halogens is 2. The molecule has 0 radical (unpaired) electrons. The fourth-order valence-corrected chi connectivity index (χ4v) is 2.94. The first-order valence-corrected chi connectivity index (χ1v) is 7.26. The first-order chi connectivity index (χ1) is 10.5. The summed E-state index contributed by atoms with van der Waals surface area (Å²) in [6.07, 6.45) is 0.854. The highest BCUT2D eigenvalue weighted by Crippen LogP contribution is 2.27. The summed E-state index contributed by atoms with van der Waals surface area (Å²) < 4.78 is 27.0. The molecule has 1 aliphatic rings. The summed E-state index contributed by atoms with van der Waals surface area (Å²) in [5.41, 5.74) is 0.969. The number of aromatic nitrogens is 2. The van der Waals surface area contributed by atoms with Crippen LogP contribution in [0.25, 0.3) is 0 Å². The lowest BCUT2D eigenvalue weighted by Gasteiger charge is -2.16. The number of nitrogens with one attached hydrogen (secondary N) is 1.